The van der Waals surface area contributed by atoms with Gasteiger partial charge < -0.3 is 10.2 Å². The fourth-order valence-corrected chi connectivity index (χ4v) is 3.23. The van der Waals surface area contributed by atoms with Gasteiger partial charge in [0.15, 0.2) is 0 Å². The topological polar surface area (TPSA) is 49.4 Å². The third kappa shape index (κ3) is 5.88. The fraction of sp³-hybridized carbons (Fsp3) is 0.300. The molecule has 0 saturated heterocycles. The standard InChI is InChI=1S/C20H23FN2O2S/c1-14-6-4-5-7-16(14)12-23(3)20(25)15(2)26-13-19(24)22-18-10-8-17(21)9-11-18/h4-11,15H,12-13H2,1-3H3,(H,22,24). The van der Waals surface area contributed by atoms with Crippen molar-refractivity contribution in [2.75, 3.05) is 18.1 Å². The second-order valence-corrected chi connectivity index (χ2v) is 7.46. The average Bonchev–Trinajstić information content (AvgIpc) is 2.63. The van der Waals surface area contributed by atoms with Crippen molar-refractivity contribution in [3.05, 3.63) is 65.5 Å². The summed E-state index contributed by atoms with van der Waals surface area (Å²) < 4.78 is 12.9. The van der Waals surface area contributed by atoms with Gasteiger partial charge in [-0.3, -0.25) is 9.59 Å². The van der Waals surface area contributed by atoms with E-state index in [9.17, 15) is 14.0 Å². The number of amides is 2. The van der Waals surface area contributed by atoms with Crippen LogP contribution in [0.25, 0.3) is 0 Å². The number of carbonyl (C=O) groups excluding carboxylic acids is 2. The summed E-state index contributed by atoms with van der Waals surface area (Å²) in [5.74, 6) is -0.438. The lowest BCUT2D eigenvalue weighted by molar-refractivity contribution is -0.129. The lowest BCUT2D eigenvalue weighted by Gasteiger charge is -2.22. The Morgan fingerprint density at radius 2 is 1.81 bits per heavy atom. The molecule has 1 unspecified atom stereocenters. The molecule has 4 nitrogen and oxygen atoms in total. The van der Waals surface area contributed by atoms with Crippen LogP contribution in [0.15, 0.2) is 48.5 Å². The van der Waals surface area contributed by atoms with Gasteiger partial charge in [0.05, 0.1) is 11.0 Å². The third-order valence-corrected chi connectivity index (χ3v) is 5.12. The Balaban J connectivity index is 1.81. The molecule has 0 aliphatic heterocycles. The second kappa shape index (κ2) is 9.38. The molecule has 6 heteroatoms. The first-order valence-corrected chi connectivity index (χ1v) is 9.38. The van der Waals surface area contributed by atoms with E-state index in [4.69, 9.17) is 0 Å². The molecule has 138 valence electrons. The van der Waals surface area contributed by atoms with E-state index < -0.39 is 0 Å². The molecule has 2 amide bonds. The first-order chi connectivity index (χ1) is 12.4. The monoisotopic (exact) mass is 374 g/mol. The van der Waals surface area contributed by atoms with Gasteiger partial charge in [-0.1, -0.05) is 24.3 Å². The summed E-state index contributed by atoms with van der Waals surface area (Å²) >= 11 is 1.28. The molecule has 0 aromatic heterocycles. The van der Waals surface area contributed by atoms with Crippen molar-refractivity contribution in [2.45, 2.75) is 25.6 Å². The van der Waals surface area contributed by atoms with Crippen molar-refractivity contribution >= 4 is 29.3 Å². The first kappa shape index (κ1) is 20.0. The zero-order valence-electron chi connectivity index (χ0n) is 15.2. The van der Waals surface area contributed by atoms with Crippen LogP contribution >= 0.6 is 11.8 Å². The van der Waals surface area contributed by atoms with Crippen LogP contribution in [0.3, 0.4) is 0 Å². The van der Waals surface area contributed by atoms with Crippen LogP contribution < -0.4 is 5.32 Å². The molecule has 0 aliphatic carbocycles. The van der Waals surface area contributed by atoms with Gasteiger partial charge in [0, 0.05) is 19.3 Å². The predicted molar refractivity (Wildman–Crippen MR) is 105 cm³/mol. The lowest BCUT2D eigenvalue weighted by Crippen LogP contribution is -2.33. The van der Waals surface area contributed by atoms with Crippen molar-refractivity contribution in [3.8, 4) is 0 Å². The first-order valence-electron chi connectivity index (χ1n) is 8.33. The quantitative estimate of drug-likeness (QED) is 0.801. The maximum atomic E-state index is 12.9. The van der Waals surface area contributed by atoms with Crippen LogP contribution in [0, 0.1) is 12.7 Å². The van der Waals surface area contributed by atoms with Crippen molar-refractivity contribution in [3.63, 3.8) is 0 Å². The molecule has 0 aliphatic rings. The highest BCUT2D eigenvalue weighted by atomic mass is 32.2. The van der Waals surface area contributed by atoms with Gasteiger partial charge in [-0.05, 0) is 49.2 Å². The molecule has 2 aromatic carbocycles. The molecule has 0 saturated carbocycles. The number of aryl methyl sites for hydroxylation is 1. The minimum absolute atomic E-state index is 0.0205. The summed E-state index contributed by atoms with van der Waals surface area (Å²) in [5, 5.41) is 2.36. The molecular weight excluding hydrogens is 351 g/mol. The van der Waals surface area contributed by atoms with Gasteiger partial charge >= 0.3 is 0 Å². The molecule has 0 bridgehead atoms. The zero-order chi connectivity index (χ0) is 19.1. The van der Waals surface area contributed by atoms with E-state index in [1.807, 2.05) is 31.2 Å². The average molecular weight is 374 g/mol. The van der Waals surface area contributed by atoms with Crippen LogP contribution in [-0.4, -0.2) is 34.8 Å². The van der Waals surface area contributed by atoms with Crippen LogP contribution in [0.1, 0.15) is 18.1 Å². The van der Waals surface area contributed by atoms with E-state index in [0.29, 0.717) is 12.2 Å². The minimum atomic E-state index is -0.353. The number of hydrogen-bond donors (Lipinski definition) is 1. The predicted octanol–water partition coefficient (Wildman–Crippen LogP) is 3.85. The Morgan fingerprint density at radius 3 is 2.46 bits per heavy atom. The number of nitrogens with zero attached hydrogens (tertiary/aromatic N) is 1. The highest BCUT2D eigenvalue weighted by molar-refractivity contribution is 8.01. The minimum Gasteiger partial charge on any atom is -0.340 e. The van der Waals surface area contributed by atoms with Gasteiger partial charge in [-0.15, -0.1) is 11.8 Å². The van der Waals surface area contributed by atoms with Crippen LogP contribution in [-0.2, 0) is 16.1 Å². The number of thioether (sulfide) groups is 1. The van der Waals surface area contributed by atoms with Crippen LogP contribution in [0.5, 0.6) is 0 Å². The SMILES string of the molecule is Cc1ccccc1CN(C)C(=O)C(C)SCC(=O)Nc1ccc(F)cc1. The van der Waals surface area contributed by atoms with Gasteiger partial charge in [0.2, 0.25) is 11.8 Å². The number of anilines is 1. The number of hydrogen-bond acceptors (Lipinski definition) is 3. The number of nitrogens with one attached hydrogen (secondary N) is 1. The summed E-state index contributed by atoms with van der Waals surface area (Å²) in [5.41, 5.74) is 2.79. The largest absolute Gasteiger partial charge is 0.340 e. The fourth-order valence-electron chi connectivity index (χ4n) is 2.43. The maximum Gasteiger partial charge on any atom is 0.235 e. The Hall–Kier alpha value is -2.34. The van der Waals surface area contributed by atoms with E-state index in [2.05, 4.69) is 5.32 Å². The molecule has 2 aromatic rings. The Labute approximate surface area is 157 Å². The Morgan fingerprint density at radius 1 is 1.15 bits per heavy atom. The maximum absolute atomic E-state index is 12.9. The molecule has 0 radical (unpaired) electrons. The summed E-state index contributed by atoms with van der Waals surface area (Å²) in [4.78, 5) is 26.2. The molecule has 0 fully saturated rings. The highest BCUT2D eigenvalue weighted by Crippen LogP contribution is 2.17. The number of rotatable bonds is 7. The summed E-state index contributed by atoms with van der Waals surface area (Å²) in [6, 6.07) is 13.5. The lowest BCUT2D eigenvalue weighted by atomic mass is 10.1. The normalized spacial score (nSPS) is 11.7. The van der Waals surface area contributed by atoms with E-state index in [1.54, 1.807) is 18.9 Å². The molecule has 1 atom stereocenters. The van der Waals surface area contributed by atoms with E-state index >= 15 is 0 Å². The molecule has 0 spiro atoms. The molecular formula is C20H23FN2O2S. The van der Waals surface area contributed by atoms with Crippen LogP contribution in [0.2, 0.25) is 0 Å². The summed E-state index contributed by atoms with van der Waals surface area (Å²) in [6.07, 6.45) is 0. The van der Waals surface area contributed by atoms with Gasteiger partial charge in [0.25, 0.3) is 0 Å². The zero-order valence-corrected chi connectivity index (χ0v) is 16.0. The van der Waals surface area contributed by atoms with Crippen molar-refractivity contribution in [1.29, 1.82) is 0 Å². The van der Waals surface area contributed by atoms with Crippen LogP contribution in [0.4, 0.5) is 10.1 Å². The number of benzene rings is 2. The Bertz CT molecular complexity index is 765. The van der Waals surface area contributed by atoms with Crippen molar-refractivity contribution in [2.24, 2.45) is 0 Å². The second-order valence-electron chi connectivity index (χ2n) is 6.13. The van der Waals surface area contributed by atoms with Crippen molar-refractivity contribution in [1.82, 2.24) is 4.90 Å². The smallest absolute Gasteiger partial charge is 0.235 e. The summed E-state index contributed by atoms with van der Waals surface area (Å²) in [6.45, 7) is 4.36. The van der Waals surface area contributed by atoms with Gasteiger partial charge in [-0.2, -0.15) is 0 Å². The number of carbonyl (C=O) groups is 2. The highest BCUT2D eigenvalue weighted by Gasteiger charge is 2.19. The van der Waals surface area contributed by atoms with Gasteiger partial charge in [0.1, 0.15) is 5.82 Å². The third-order valence-electron chi connectivity index (χ3n) is 3.99. The summed E-state index contributed by atoms with van der Waals surface area (Å²) in [7, 11) is 1.77. The van der Waals surface area contributed by atoms with Gasteiger partial charge in [-0.25, -0.2) is 4.39 Å². The number of halogens is 1. The van der Waals surface area contributed by atoms with Crippen molar-refractivity contribution < 1.29 is 14.0 Å². The molecule has 26 heavy (non-hydrogen) atoms. The van der Waals surface area contributed by atoms with E-state index in [0.717, 1.165) is 11.1 Å². The molecule has 1 N–H and O–H groups in total. The van der Waals surface area contributed by atoms with E-state index in [1.165, 1.54) is 36.0 Å². The molecule has 2 rings (SSSR count). The Kier molecular flexibility index (Phi) is 7.21. The van der Waals surface area contributed by atoms with E-state index in [-0.39, 0.29) is 28.6 Å². The molecule has 0 heterocycles.